The minimum atomic E-state index is -1.03. The molecule has 1 aromatic carbocycles. The largest absolute Gasteiger partial charge is 0.478 e. The van der Waals surface area contributed by atoms with Gasteiger partial charge in [-0.1, -0.05) is 36.4 Å². The van der Waals surface area contributed by atoms with Gasteiger partial charge in [0.15, 0.2) is 0 Å². The number of hydrogen-bond acceptors (Lipinski definition) is 1. The molecule has 1 aliphatic rings. The average molecular weight is 312 g/mol. The molecule has 2 nitrogen and oxygen atoms in total. The van der Waals surface area contributed by atoms with E-state index in [1.54, 1.807) is 13.8 Å². The fourth-order valence-electron chi connectivity index (χ4n) is 2.71. The van der Waals surface area contributed by atoms with E-state index >= 15 is 0 Å². The lowest BCUT2D eigenvalue weighted by atomic mass is 9.86. The third-order valence-corrected chi connectivity index (χ3v) is 3.87. The Kier molecular flexibility index (Phi) is 5.69. The van der Waals surface area contributed by atoms with E-state index < -0.39 is 5.97 Å². The zero-order valence-electron chi connectivity index (χ0n) is 13.5. The third kappa shape index (κ3) is 4.78. The molecule has 0 spiro atoms. The fraction of sp³-hybridized carbons (Fsp3) is 0.250. The molecule has 1 aromatic rings. The number of carboxylic acids is 1. The Morgan fingerprint density at radius 2 is 1.91 bits per heavy atom. The zero-order chi connectivity index (χ0) is 16.8. The zero-order valence-corrected chi connectivity index (χ0v) is 13.5. The molecule has 120 valence electrons. The van der Waals surface area contributed by atoms with Crippen molar-refractivity contribution in [2.75, 3.05) is 0 Å². The molecule has 3 heteroatoms. The third-order valence-electron chi connectivity index (χ3n) is 3.87. The maximum atomic E-state index is 14.2. The van der Waals surface area contributed by atoms with E-state index in [1.807, 2.05) is 18.2 Å². The van der Waals surface area contributed by atoms with Crippen LogP contribution in [0.5, 0.6) is 0 Å². The molecule has 0 heterocycles. The molecule has 0 aliphatic heterocycles. The lowest BCUT2D eigenvalue weighted by Crippen LogP contribution is -2.01. The highest BCUT2D eigenvalue weighted by Crippen LogP contribution is 2.31. The summed E-state index contributed by atoms with van der Waals surface area (Å²) in [7, 11) is 0. The van der Waals surface area contributed by atoms with Crippen LogP contribution < -0.4 is 0 Å². The summed E-state index contributed by atoms with van der Waals surface area (Å²) in [6.45, 7) is 3.36. The predicted octanol–water partition coefficient (Wildman–Crippen LogP) is 5.24. The fourth-order valence-corrected chi connectivity index (χ4v) is 2.71. The Hall–Kier alpha value is -2.42. The van der Waals surface area contributed by atoms with Crippen LogP contribution in [0.4, 0.5) is 4.39 Å². The molecule has 0 bridgehead atoms. The van der Waals surface area contributed by atoms with E-state index in [1.165, 1.54) is 23.3 Å². The molecule has 23 heavy (non-hydrogen) atoms. The SMILES string of the molecule is CC(/C=C/C(F)=C(C)\C=C1/CCCc2ccccc21)=C\C(=O)O. The highest BCUT2D eigenvalue weighted by Gasteiger charge is 2.13. The van der Waals surface area contributed by atoms with Crippen molar-refractivity contribution in [2.24, 2.45) is 0 Å². The Morgan fingerprint density at radius 3 is 2.65 bits per heavy atom. The summed E-state index contributed by atoms with van der Waals surface area (Å²) in [5.41, 5.74) is 4.73. The molecule has 0 saturated heterocycles. The van der Waals surface area contributed by atoms with Crippen molar-refractivity contribution in [2.45, 2.75) is 33.1 Å². The Morgan fingerprint density at radius 1 is 1.17 bits per heavy atom. The Bertz CT molecular complexity index is 721. The lowest BCUT2D eigenvalue weighted by molar-refractivity contribution is -0.131. The monoisotopic (exact) mass is 312 g/mol. The summed E-state index contributed by atoms with van der Waals surface area (Å²) in [5, 5.41) is 8.64. The quantitative estimate of drug-likeness (QED) is 0.610. The normalized spacial score (nSPS) is 18.0. The molecule has 0 fully saturated rings. The molecule has 1 N–H and O–H groups in total. The van der Waals surface area contributed by atoms with E-state index in [0.29, 0.717) is 11.1 Å². The van der Waals surface area contributed by atoms with Gasteiger partial charge in [-0.25, -0.2) is 9.18 Å². The molecule has 0 aromatic heterocycles. The van der Waals surface area contributed by atoms with Gasteiger partial charge in [0.1, 0.15) is 5.83 Å². The van der Waals surface area contributed by atoms with Gasteiger partial charge < -0.3 is 5.11 Å². The van der Waals surface area contributed by atoms with E-state index in [-0.39, 0.29) is 5.83 Å². The summed E-state index contributed by atoms with van der Waals surface area (Å²) in [5.74, 6) is -1.38. The van der Waals surface area contributed by atoms with Gasteiger partial charge in [-0.05, 0) is 67.0 Å². The first kappa shape index (κ1) is 16.9. The van der Waals surface area contributed by atoms with Crippen molar-refractivity contribution in [3.8, 4) is 0 Å². The standard InChI is InChI=1S/C20H21FO2/c1-14(12-20(22)23)10-11-19(21)15(2)13-17-8-5-7-16-6-3-4-9-18(16)17/h3-4,6,9-13H,5,7-8H2,1-2H3,(H,22,23)/b11-10+,14-12+,17-13+,19-15+. The molecule has 0 unspecified atom stereocenters. The van der Waals surface area contributed by atoms with Gasteiger partial charge in [0, 0.05) is 6.08 Å². The number of fused-ring (bicyclic) bond motifs is 1. The Balaban J connectivity index is 2.25. The first-order chi connectivity index (χ1) is 11.0. The second kappa shape index (κ2) is 7.73. The van der Waals surface area contributed by atoms with Gasteiger partial charge in [0.2, 0.25) is 0 Å². The number of aliphatic carboxylic acids is 1. The minimum absolute atomic E-state index is 0.348. The lowest BCUT2D eigenvalue weighted by Gasteiger charge is -2.19. The number of hydrogen-bond donors (Lipinski definition) is 1. The summed E-state index contributed by atoms with van der Waals surface area (Å²) in [6.07, 6.45) is 8.83. The van der Waals surface area contributed by atoms with Gasteiger partial charge in [0.25, 0.3) is 0 Å². The van der Waals surface area contributed by atoms with E-state index in [9.17, 15) is 9.18 Å². The van der Waals surface area contributed by atoms with Crippen LogP contribution in [-0.4, -0.2) is 11.1 Å². The molecule has 0 atom stereocenters. The maximum Gasteiger partial charge on any atom is 0.328 e. The van der Waals surface area contributed by atoms with Crippen LogP contribution in [0.15, 0.2) is 65.5 Å². The number of carbonyl (C=O) groups is 1. The van der Waals surface area contributed by atoms with Gasteiger partial charge in [-0.3, -0.25) is 0 Å². The van der Waals surface area contributed by atoms with Gasteiger partial charge in [0.05, 0.1) is 0 Å². The highest BCUT2D eigenvalue weighted by molar-refractivity contribution is 5.81. The van der Waals surface area contributed by atoms with Crippen LogP contribution in [0.2, 0.25) is 0 Å². The van der Waals surface area contributed by atoms with E-state index in [4.69, 9.17) is 5.11 Å². The number of carboxylic acid groups (broad SMARTS) is 1. The second-order valence-corrected chi connectivity index (χ2v) is 5.77. The second-order valence-electron chi connectivity index (χ2n) is 5.77. The van der Waals surface area contributed by atoms with Crippen molar-refractivity contribution in [1.29, 1.82) is 0 Å². The van der Waals surface area contributed by atoms with Gasteiger partial charge in [-0.2, -0.15) is 0 Å². The van der Waals surface area contributed by atoms with Crippen LogP contribution in [0.1, 0.15) is 37.8 Å². The van der Waals surface area contributed by atoms with E-state index in [2.05, 4.69) is 12.1 Å². The molecule has 0 radical (unpaired) electrons. The van der Waals surface area contributed by atoms with Crippen LogP contribution in [0.3, 0.4) is 0 Å². The summed E-state index contributed by atoms with van der Waals surface area (Å²) < 4.78 is 14.2. The number of halogens is 1. The first-order valence-electron chi connectivity index (χ1n) is 7.72. The summed E-state index contributed by atoms with van der Waals surface area (Å²) >= 11 is 0. The van der Waals surface area contributed by atoms with Crippen LogP contribution in [0, 0.1) is 0 Å². The average Bonchev–Trinajstić information content (AvgIpc) is 2.52. The van der Waals surface area contributed by atoms with Gasteiger partial charge in [-0.15, -0.1) is 0 Å². The molecule has 0 amide bonds. The highest BCUT2D eigenvalue weighted by atomic mass is 19.1. The predicted molar refractivity (Wildman–Crippen MR) is 91.7 cm³/mol. The van der Waals surface area contributed by atoms with Crippen molar-refractivity contribution in [3.63, 3.8) is 0 Å². The summed E-state index contributed by atoms with van der Waals surface area (Å²) in [6, 6.07) is 8.25. The van der Waals surface area contributed by atoms with Gasteiger partial charge >= 0.3 is 5.97 Å². The summed E-state index contributed by atoms with van der Waals surface area (Å²) in [4.78, 5) is 10.5. The van der Waals surface area contributed by atoms with Crippen LogP contribution in [0.25, 0.3) is 5.57 Å². The molecular formula is C20H21FO2. The number of benzene rings is 1. The topological polar surface area (TPSA) is 37.3 Å². The maximum absolute atomic E-state index is 14.2. The molecular weight excluding hydrogens is 291 g/mol. The van der Waals surface area contributed by atoms with Crippen molar-refractivity contribution < 1.29 is 14.3 Å². The van der Waals surface area contributed by atoms with E-state index in [0.717, 1.165) is 30.9 Å². The first-order valence-corrected chi connectivity index (χ1v) is 7.72. The smallest absolute Gasteiger partial charge is 0.328 e. The van der Waals surface area contributed by atoms with Crippen molar-refractivity contribution in [1.82, 2.24) is 0 Å². The molecule has 0 saturated carbocycles. The Labute approximate surface area is 136 Å². The molecule has 2 rings (SSSR count). The van der Waals surface area contributed by atoms with Crippen LogP contribution in [-0.2, 0) is 11.2 Å². The minimum Gasteiger partial charge on any atom is -0.478 e. The number of aryl methyl sites for hydroxylation is 1. The molecule has 1 aliphatic carbocycles. The van der Waals surface area contributed by atoms with Crippen molar-refractivity contribution in [3.05, 3.63) is 76.7 Å². The number of rotatable bonds is 4. The van der Waals surface area contributed by atoms with Crippen molar-refractivity contribution >= 4 is 11.5 Å². The number of allylic oxidation sites excluding steroid dienone is 7. The van der Waals surface area contributed by atoms with Crippen LogP contribution >= 0.6 is 0 Å².